The highest BCUT2D eigenvalue weighted by molar-refractivity contribution is 5.99. The van der Waals surface area contributed by atoms with Gasteiger partial charge in [0.2, 0.25) is 5.91 Å². The maximum Gasteiger partial charge on any atom is 0.228 e. The summed E-state index contributed by atoms with van der Waals surface area (Å²) in [4.78, 5) is 25.3. The zero-order valence-electron chi connectivity index (χ0n) is 16.0. The Balaban J connectivity index is 1.53. The van der Waals surface area contributed by atoms with E-state index in [0.717, 1.165) is 46.9 Å². The van der Waals surface area contributed by atoms with E-state index in [9.17, 15) is 4.79 Å². The molecule has 1 fully saturated rings. The molecule has 5 rings (SSSR count). The van der Waals surface area contributed by atoms with E-state index in [2.05, 4.69) is 37.4 Å². The number of nitrogens with zero attached hydrogens (tertiary/aromatic N) is 3. The summed E-state index contributed by atoms with van der Waals surface area (Å²) < 4.78 is 5.50. The number of nitrogens with one attached hydrogen (secondary N) is 2. The lowest BCUT2D eigenvalue weighted by atomic mass is 10.1. The minimum absolute atomic E-state index is 0.0249. The van der Waals surface area contributed by atoms with Gasteiger partial charge in [0, 0.05) is 48.1 Å². The van der Waals surface area contributed by atoms with Crippen LogP contribution in [-0.4, -0.2) is 34.5 Å². The van der Waals surface area contributed by atoms with E-state index in [-0.39, 0.29) is 11.8 Å². The minimum atomic E-state index is 0.0249. The molecule has 1 saturated carbocycles. The molecular weight excluding hydrogens is 366 g/mol. The number of hydrogen-bond donors (Lipinski definition) is 2. The van der Waals surface area contributed by atoms with Crippen LogP contribution in [0, 0.1) is 17.8 Å². The van der Waals surface area contributed by atoms with Gasteiger partial charge in [0.25, 0.3) is 0 Å². The van der Waals surface area contributed by atoms with Crippen molar-refractivity contribution in [3.63, 3.8) is 0 Å². The molecule has 0 unspecified atom stereocenters. The van der Waals surface area contributed by atoms with E-state index >= 15 is 0 Å². The maximum absolute atomic E-state index is 12.1. The average molecular weight is 385 g/mol. The highest BCUT2D eigenvalue weighted by Crippen LogP contribution is 2.31. The summed E-state index contributed by atoms with van der Waals surface area (Å²) in [5, 5.41) is 7.70. The van der Waals surface area contributed by atoms with Crippen LogP contribution in [0.15, 0.2) is 30.7 Å². The Hall–Kier alpha value is -3.66. The van der Waals surface area contributed by atoms with Crippen molar-refractivity contribution < 1.29 is 9.53 Å². The van der Waals surface area contributed by atoms with Crippen molar-refractivity contribution in [1.29, 1.82) is 0 Å². The summed E-state index contributed by atoms with van der Waals surface area (Å²) in [5.41, 5.74) is 2.57. The fraction of sp³-hybridized carbons (Fsp3) is 0.273. The molecule has 2 aliphatic rings. The van der Waals surface area contributed by atoms with Crippen LogP contribution in [0.25, 0.3) is 10.8 Å². The van der Waals surface area contributed by atoms with Gasteiger partial charge in [-0.05, 0) is 30.9 Å². The van der Waals surface area contributed by atoms with Gasteiger partial charge in [0.15, 0.2) is 0 Å². The van der Waals surface area contributed by atoms with E-state index in [0.29, 0.717) is 23.9 Å². The number of pyridine rings is 3. The molecule has 0 radical (unpaired) electrons. The molecule has 144 valence electrons. The minimum Gasteiger partial charge on any atom is -0.491 e. The molecule has 0 atom stereocenters. The smallest absolute Gasteiger partial charge is 0.228 e. The highest BCUT2D eigenvalue weighted by Gasteiger charge is 2.29. The van der Waals surface area contributed by atoms with Crippen LogP contribution in [0.5, 0.6) is 5.75 Å². The monoisotopic (exact) mass is 385 g/mol. The average Bonchev–Trinajstić information content (AvgIpc) is 3.50. The molecule has 1 amide bonds. The predicted octanol–water partition coefficient (Wildman–Crippen LogP) is 2.75. The Kier molecular flexibility index (Phi) is 4.24. The van der Waals surface area contributed by atoms with Crippen molar-refractivity contribution in [3.05, 3.63) is 47.5 Å². The second kappa shape index (κ2) is 7.06. The number of hydrogen-bond acceptors (Lipinski definition) is 6. The molecule has 0 saturated heterocycles. The van der Waals surface area contributed by atoms with Crippen molar-refractivity contribution in [3.8, 4) is 17.6 Å². The number of anilines is 2. The molecule has 1 aliphatic carbocycles. The molecule has 3 aromatic heterocycles. The van der Waals surface area contributed by atoms with Gasteiger partial charge in [-0.1, -0.05) is 5.92 Å². The third kappa shape index (κ3) is 3.45. The second-order valence-electron chi connectivity index (χ2n) is 7.17. The quantitative estimate of drug-likeness (QED) is 0.674. The Labute approximate surface area is 167 Å². The lowest BCUT2D eigenvalue weighted by Gasteiger charge is -2.09. The SMILES string of the molecule is CNc1ncc(C#Cc2cc3c(cn2)OCC3)c2cc(NC(=O)C3CC3)ncc12. The topological polar surface area (TPSA) is 89.0 Å². The van der Waals surface area contributed by atoms with E-state index < -0.39 is 0 Å². The van der Waals surface area contributed by atoms with Gasteiger partial charge in [0.1, 0.15) is 23.1 Å². The van der Waals surface area contributed by atoms with Crippen molar-refractivity contribution in [2.24, 2.45) is 5.92 Å². The van der Waals surface area contributed by atoms with Crippen molar-refractivity contribution in [2.45, 2.75) is 19.3 Å². The van der Waals surface area contributed by atoms with E-state index in [1.54, 1.807) is 18.6 Å². The molecule has 29 heavy (non-hydrogen) atoms. The van der Waals surface area contributed by atoms with Crippen molar-refractivity contribution in [2.75, 3.05) is 24.3 Å². The molecule has 7 heteroatoms. The van der Waals surface area contributed by atoms with Crippen LogP contribution in [0.3, 0.4) is 0 Å². The van der Waals surface area contributed by atoms with Gasteiger partial charge < -0.3 is 15.4 Å². The maximum atomic E-state index is 12.1. The lowest BCUT2D eigenvalue weighted by molar-refractivity contribution is -0.117. The van der Waals surface area contributed by atoms with Gasteiger partial charge >= 0.3 is 0 Å². The first-order chi connectivity index (χ1) is 14.2. The van der Waals surface area contributed by atoms with Crippen LogP contribution in [0.2, 0.25) is 0 Å². The number of ether oxygens (including phenoxy) is 1. The third-order valence-corrected chi connectivity index (χ3v) is 5.11. The van der Waals surface area contributed by atoms with Crippen LogP contribution in [0.1, 0.15) is 29.7 Å². The number of amides is 1. The zero-order chi connectivity index (χ0) is 19.8. The fourth-order valence-electron chi connectivity index (χ4n) is 3.36. The predicted molar refractivity (Wildman–Crippen MR) is 110 cm³/mol. The molecule has 0 spiro atoms. The van der Waals surface area contributed by atoms with E-state index in [1.165, 1.54) is 0 Å². The third-order valence-electron chi connectivity index (χ3n) is 5.11. The number of carbonyl (C=O) groups is 1. The molecule has 7 nitrogen and oxygen atoms in total. The second-order valence-corrected chi connectivity index (χ2v) is 7.17. The summed E-state index contributed by atoms with van der Waals surface area (Å²) in [5.74, 6) is 8.52. The normalized spacial score (nSPS) is 14.5. The van der Waals surface area contributed by atoms with E-state index in [4.69, 9.17) is 4.74 Å². The Morgan fingerprint density at radius 2 is 2.00 bits per heavy atom. The lowest BCUT2D eigenvalue weighted by Crippen LogP contribution is -2.14. The number of carbonyl (C=O) groups excluding carboxylic acids is 1. The standard InChI is InChI=1S/C22H19N5O2/c1-23-21-18-11-25-20(27-22(28)13-2-3-13)9-17(18)15(10-26-21)4-5-16-8-14-6-7-29-19(14)12-24-16/h8-13H,2-3,6-7H2,1H3,(H,23,26)(H,25,27,28). The molecule has 3 aromatic rings. The summed E-state index contributed by atoms with van der Waals surface area (Å²) in [6.07, 6.45) is 7.94. The van der Waals surface area contributed by atoms with Crippen LogP contribution in [0.4, 0.5) is 11.6 Å². The molecule has 0 aromatic carbocycles. The Morgan fingerprint density at radius 1 is 1.10 bits per heavy atom. The van der Waals surface area contributed by atoms with Gasteiger partial charge in [-0.2, -0.15) is 0 Å². The summed E-state index contributed by atoms with van der Waals surface area (Å²) in [6, 6.07) is 3.82. The zero-order valence-corrected chi connectivity index (χ0v) is 16.0. The van der Waals surface area contributed by atoms with Crippen LogP contribution >= 0.6 is 0 Å². The largest absolute Gasteiger partial charge is 0.491 e. The molecular formula is C22H19N5O2. The van der Waals surface area contributed by atoms with Crippen molar-refractivity contribution >= 4 is 28.3 Å². The Bertz CT molecular complexity index is 1190. The molecule has 1 aliphatic heterocycles. The van der Waals surface area contributed by atoms with Gasteiger partial charge in [0.05, 0.1) is 18.4 Å². The van der Waals surface area contributed by atoms with Crippen molar-refractivity contribution in [1.82, 2.24) is 15.0 Å². The first-order valence-corrected chi connectivity index (χ1v) is 9.62. The van der Waals surface area contributed by atoms with Gasteiger partial charge in [-0.3, -0.25) is 4.79 Å². The molecule has 4 heterocycles. The van der Waals surface area contributed by atoms with Crippen LogP contribution < -0.4 is 15.4 Å². The highest BCUT2D eigenvalue weighted by atomic mass is 16.5. The number of aromatic nitrogens is 3. The first-order valence-electron chi connectivity index (χ1n) is 9.62. The summed E-state index contributed by atoms with van der Waals surface area (Å²) in [6.45, 7) is 0.691. The van der Waals surface area contributed by atoms with E-state index in [1.807, 2.05) is 19.2 Å². The molecule has 0 bridgehead atoms. The number of fused-ring (bicyclic) bond motifs is 2. The van der Waals surface area contributed by atoms with Gasteiger partial charge in [-0.25, -0.2) is 15.0 Å². The first kappa shape index (κ1) is 17.4. The molecule has 2 N–H and O–H groups in total. The Morgan fingerprint density at radius 3 is 2.83 bits per heavy atom. The van der Waals surface area contributed by atoms with Gasteiger partial charge in [-0.15, -0.1) is 0 Å². The summed E-state index contributed by atoms with van der Waals surface area (Å²) in [7, 11) is 1.81. The fourth-order valence-corrected chi connectivity index (χ4v) is 3.36. The number of rotatable bonds is 3. The van der Waals surface area contributed by atoms with Crippen LogP contribution in [-0.2, 0) is 11.2 Å². The summed E-state index contributed by atoms with van der Waals surface area (Å²) >= 11 is 0.